The number of aryl methyl sites for hydroxylation is 1. The Morgan fingerprint density at radius 2 is 2.26 bits per heavy atom. The normalized spacial score (nSPS) is 29.3. The molecule has 2 aliphatic rings. The summed E-state index contributed by atoms with van der Waals surface area (Å²) in [5, 5.41) is 4.01. The molecule has 1 aliphatic heterocycles. The van der Waals surface area contributed by atoms with Crippen LogP contribution in [-0.2, 0) is 10.2 Å². The number of carbonyl (C=O) groups excluding carboxylic acids is 1. The number of piperidine rings is 1. The summed E-state index contributed by atoms with van der Waals surface area (Å²) in [6.45, 7) is 8.76. The van der Waals surface area contributed by atoms with Crippen LogP contribution in [0.2, 0.25) is 0 Å². The summed E-state index contributed by atoms with van der Waals surface area (Å²) in [5.41, 5.74) is -0.547. The Balaban J connectivity index is 1.70. The smallest absolute Gasteiger partial charge is 0.410 e. The summed E-state index contributed by atoms with van der Waals surface area (Å²) in [4.78, 5) is 18.1. The van der Waals surface area contributed by atoms with E-state index < -0.39 is 5.60 Å². The number of fused-ring (bicyclic) bond motifs is 1. The van der Waals surface area contributed by atoms with Gasteiger partial charge in [-0.05, 0) is 33.1 Å². The number of aromatic nitrogens is 2. The SMILES string of the molecule is Cc1nc(C23CC2CN(C(=O)OC(C)(C)C)C3)no1. The van der Waals surface area contributed by atoms with Gasteiger partial charge in [-0.25, -0.2) is 4.79 Å². The molecule has 0 spiro atoms. The molecule has 0 radical (unpaired) electrons. The molecule has 6 heteroatoms. The first kappa shape index (κ1) is 12.4. The molecule has 3 rings (SSSR count). The minimum Gasteiger partial charge on any atom is -0.444 e. The highest BCUT2D eigenvalue weighted by Gasteiger charge is 2.64. The van der Waals surface area contributed by atoms with Gasteiger partial charge < -0.3 is 14.2 Å². The molecule has 2 unspecified atom stereocenters. The largest absolute Gasteiger partial charge is 0.444 e. The topological polar surface area (TPSA) is 68.5 Å². The van der Waals surface area contributed by atoms with Crippen LogP contribution in [0.25, 0.3) is 0 Å². The molecule has 104 valence electrons. The van der Waals surface area contributed by atoms with Crippen molar-refractivity contribution < 1.29 is 14.1 Å². The van der Waals surface area contributed by atoms with Gasteiger partial charge in [-0.3, -0.25) is 0 Å². The quantitative estimate of drug-likeness (QED) is 0.775. The van der Waals surface area contributed by atoms with E-state index in [0.29, 0.717) is 18.4 Å². The zero-order valence-electron chi connectivity index (χ0n) is 11.8. The van der Waals surface area contributed by atoms with Gasteiger partial charge in [0.25, 0.3) is 0 Å². The first-order valence-corrected chi connectivity index (χ1v) is 6.59. The van der Waals surface area contributed by atoms with Crippen LogP contribution in [0.5, 0.6) is 0 Å². The molecule has 1 saturated heterocycles. The van der Waals surface area contributed by atoms with Crippen LogP contribution >= 0.6 is 0 Å². The number of hydrogen-bond acceptors (Lipinski definition) is 5. The third-order valence-electron chi connectivity index (χ3n) is 3.77. The number of nitrogens with zero attached hydrogens (tertiary/aromatic N) is 3. The Morgan fingerprint density at radius 1 is 1.53 bits per heavy atom. The maximum Gasteiger partial charge on any atom is 0.410 e. The molecule has 1 saturated carbocycles. The zero-order valence-corrected chi connectivity index (χ0v) is 11.8. The molecule has 1 aromatic rings. The summed E-state index contributed by atoms with van der Waals surface area (Å²) < 4.78 is 10.4. The van der Waals surface area contributed by atoms with Crippen LogP contribution in [0.3, 0.4) is 0 Å². The first-order valence-electron chi connectivity index (χ1n) is 6.59. The predicted octanol–water partition coefficient (Wildman–Crippen LogP) is 1.89. The van der Waals surface area contributed by atoms with E-state index in [4.69, 9.17) is 9.26 Å². The van der Waals surface area contributed by atoms with Crippen molar-refractivity contribution in [3.05, 3.63) is 11.7 Å². The van der Waals surface area contributed by atoms with E-state index >= 15 is 0 Å². The number of carbonyl (C=O) groups is 1. The van der Waals surface area contributed by atoms with Crippen molar-refractivity contribution in [2.75, 3.05) is 13.1 Å². The van der Waals surface area contributed by atoms with Crippen molar-refractivity contribution in [3.63, 3.8) is 0 Å². The lowest BCUT2D eigenvalue weighted by atomic mass is 10.1. The van der Waals surface area contributed by atoms with Crippen LogP contribution in [0, 0.1) is 12.8 Å². The van der Waals surface area contributed by atoms with Gasteiger partial charge in [0.1, 0.15) is 5.60 Å². The average Bonchev–Trinajstić information content (AvgIpc) is 2.68. The average molecular weight is 265 g/mol. The number of ether oxygens (including phenoxy) is 1. The molecular formula is C13H19N3O3. The van der Waals surface area contributed by atoms with Crippen molar-refractivity contribution in [1.82, 2.24) is 15.0 Å². The van der Waals surface area contributed by atoms with Gasteiger partial charge in [0.15, 0.2) is 5.82 Å². The molecule has 1 amide bonds. The van der Waals surface area contributed by atoms with Gasteiger partial charge in [0.05, 0.1) is 5.41 Å². The van der Waals surface area contributed by atoms with Gasteiger partial charge in [-0.2, -0.15) is 4.98 Å². The van der Waals surface area contributed by atoms with Crippen molar-refractivity contribution in [3.8, 4) is 0 Å². The number of hydrogen-bond donors (Lipinski definition) is 0. The maximum atomic E-state index is 12.0. The van der Waals surface area contributed by atoms with Gasteiger partial charge in [-0.1, -0.05) is 5.16 Å². The molecule has 1 aliphatic carbocycles. The minimum atomic E-state index is -0.459. The number of likely N-dealkylation sites (tertiary alicyclic amines) is 1. The molecule has 19 heavy (non-hydrogen) atoms. The second kappa shape index (κ2) is 3.71. The Morgan fingerprint density at radius 3 is 2.84 bits per heavy atom. The second-order valence-electron chi connectivity index (χ2n) is 6.56. The van der Waals surface area contributed by atoms with Gasteiger partial charge in [0.2, 0.25) is 5.89 Å². The lowest BCUT2D eigenvalue weighted by molar-refractivity contribution is 0.0269. The Labute approximate surface area is 112 Å². The second-order valence-corrected chi connectivity index (χ2v) is 6.56. The molecule has 6 nitrogen and oxygen atoms in total. The number of amides is 1. The Bertz CT molecular complexity index is 519. The molecule has 0 bridgehead atoms. The third-order valence-corrected chi connectivity index (χ3v) is 3.77. The number of rotatable bonds is 1. The maximum absolute atomic E-state index is 12.0. The minimum absolute atomic E-state index is 0.0886. The molecule has 0 aromatic carbocycles. The molecular weight excluding hydrogens is 246 g/mol. The summed E-state index contributed by atoms with van der Waals surface area (Å²) in [6.07, 6.45) is 0.782. The highest BCUT2D eigenvalue weighted by molar-refractivity contribution is 5.69. The van der Waals surface area contributed by atoms with Crippen LogP contribution < -0.4 is 0 Å². The van der Waals surface area contributed by atoms with E-state index in [1.165, 1.54) is 0 Å². The van der Waals surface area contributed by atoms with Gasteiger partial charge in [0, 0.05) is 20.0 Å². The van der Waals surface area contributed by atoms with Crippen LogP contribution in [-0.4, -0.2) is 39.8 Å². The van der Waals surface area contributed by atoms with Gasteiger partial charge >= 0.3 is 6.09 Å². The van der Waals surface area contributed by atoms with E-state index in [-0.39, 0.29) is 11.5 Å². The predicted molar refractivity (Wildman–Crippen MR) is 66.6 cm³/mol. The zero-order chi connectivity index (χ0) is 13.8. The highest BCUT2D eigenvalue weighted by atomic mass is 16.6. The summed E-state index contributed by atoms with van der Waals surface area (Å²) in [6, 6.07) is 0. The van der Waals surface area contributed by atoms with Crippen molar-refractivity contribution in [2.24, 2.45) is 5.92 Å². The fraction of sp³-hybridized carbons (Fsp3) is 0.769. The highest BCUT2D eigenvalue weighted by Crippen LogP contribution is 2.58. The van der Waals surface area contributed by atoms with E-state index in [0.717, 1.165) is 18.8 Å². The standard InChI is InChI=1S/C13H19N3O3/c1-8-14-10(15-19-8)13-5-9(13)6-16(7-13)11(17)18-12(2,3)4/h9H,5-7H2,1-4H3. The van der Waals surface area contributed by atoms with Crippen LogP contribution in [0.1, 0.15) is 38.9 Å². The lowest BCUT2D eigenvalue weighted by Gasteiger charge is -2.25. The van der Waals surface area contributed by atoms with E-state index in [9.17, 15) is 4.79 Å². The van der Waals surface area contributed by atoms with E-state index in [2.05, 4.69) is 10.1 Å². The van der Waals surface area contributed by atoms with E-state index in [1.54, 1.807) is 11.8 Å². The van der Waals surface area contributed by atoms with Crippen molar-refractivity contribution >= 4 is 6.09 Å². The van der Waals surface area contributed by atoms with Crippen LogP contribution in [0.4, 0.5) is 4.79 Å². The summed E-state index contributed by atoms with van der Waals surface area (Å²) >= 11 is 0. The van der Waals surface area contributed by atoms with Crippen LogP contribution in [0.15, 0.2) is 4.52 Å². The molecule has 0 N–H and O–H groups in total. The molecule has 2 heterocycles. The monoisotopic (exact) mass is 265 g/mol. The molecule has 1 aromatic heterocycles. The fourth-order valence-electron chi connectivity index (χ4n) is 2.80. The first-order chi connectivity index (χ1) is 8.80. The Hall–Kier alpha value is -1.59. The van der Waals surface area contributed by atoms with E-state index in [1.807, 2.05) is 20.8 Å². The Kier molecular flexibility index (Phi) is 2.43. The fourth-order valence-corrected chi connectivity index (χ4v) is 2.80. The summed E-state index contributed by atoms with van der Waals surface area (Å²) in [5.74, 6) is 1.75. The lowest BCUT2D eigenvalue weighted by Crippen LogP contribution is -2.37. The molecule has 2 fully saturated rings. The van der Waals surface area contributed by atoms with Gasteiger partial charge in [-0.15, -0.1) is 0 Å². The third kappa shape index (κ3) is 2.09. The van der Waals surface area contributed by atoms with Crippen molar-refractivity contribution in [1.29, 1.82) is 0 Å². The summed E-state index contributed by atoms with van der Waals surface area (Å²) in [7, 11) is 0. The molecule has 2 atom stereocenters. The van der Waals surface area contributed by atoms with Crippen molar-refractivity contribution in [2.45, 2.75) is 45.1 Å².